The van der Waals surface area contributed by atoms with Gasteiger partial charge < -0.3 is 39.6 Å². The van der Waals surface area contributed by atoms with Crippen LogP contribution in [-0.4, -0.2) is 78.9 Å². The standard InChI is InChI=1S/C24H31N3O9/c1-12(28)13-6-8-14(9-7-13)27-16(30)11-25-15(29)10-26-21(31)19-17-18(34-23(2,3)33-17)20-22(32-19)36-24(4,5)35-20/h6-9,17-20,22H,10-11H2,1-5H3,(H,25,29)(H,26,31)(H,27,30)/t17-,18+,19?,20-,22-/m1/s1. The summed E-state index contributed by atoms with van der Waals surface area (Å²) >= 11 is 0. The highest BCUT2D eigenvalue weighted by Crippen LogP contribution is 2.44. The Labute approximate surface area is 208 Å². The second-order valence-electron chi connectivity index (χ2n) is 9.77. The molecular formula is C24H31N3O9. The van der Waals surface area contributed by atoms with Gasteiger partial charge in [-0.05, 0) is 58.9 Å². The van der Waals surface area contributed by atoms with Crippen molar-refractivity contribution < 1.29 is 42.9 Å². The van der Waals surface area contributed by atoms with E-state index in [0.29, 0.717) is 11.3 Å². The number of carbonyl (C=O) groups is 4. The van der Waals surface area contributed by atoms with Crippen molar-refractivity contribution in [2.75, 3.05) is 18.4 Å². The normalized spacial score (nSPS) is 29.5. The van der Waals surface area contributed by atoms with E-state index in [9.17, 15) is 19.2 Å². The molecule has 1 aromatic rings. The Morgan fingerprint density at radius 2 is 1.36 bits per heavy atom. The lowest BCUT2D eigenvalue weighted by molar-refractivity contribution is -0.231. The molecule has 3 heterocycles. The average Bonchev–Trinajstić information content (AvgIpc) is 3.29. The highest BCUT2D eigenvalue weighted by atomic mass is 16.9. The van der Waals surface area contributed by atoms with E-state index >= 15 is 0 Å². The highest BCUT2D eigenvalue weighted by molar-refractivity contribution is 5.97. The summed E-state index contributed by atoms with van der Waals surface area (Å²) in [6, 6.07) is 6.37. The molecule has 12 nitrogen and oxygen atoms in total. The quantitative estimate of drug-likeness (QED) is 0.449. The topological polar surface area (TPSA) is 151 Å². The van der Waals surface area contributed by atoms with Crippen LogP contribution >= 0.6 is 0 Å². The Balaban J connectivity index is 1.27. The summed E-state index contributed by atoms with van der Waals surface area (Å²) in [5.41, 5.74) is 1.01. The highest BCUT2D eigenvalue weighted by Gasteiger charge is 2.62. The number of nitrogens with one attached hydrogen (secondary N) is 3. The van der Waals surface area contributed by atoms with Gasteiger partial charge in [0, 0.05) is 11.3 Å². The van der Waals surface area contributed by atoms with Gasteiger partial charge in [-0.15, -0.1) is 0 Å². The lowest BCUT2D eigenvalue weighted by atomic mass is 9.98. The third-order valence-electron chi connectivity index (χ3n) is 5.86. The molecule has 3 aliphatic heterocycles. The fourth-order valence-corrected chi connectivity index (χ4v) is 4.33. The molecular weight excluding hydrogens is 474 g/mol. The Bertz CT molecular complexity index is 1040. The Morgan fingerprint density at radius 1 is 0.778 bits per heavy atom. The van der Waals surface area contributed by atoms with E-state index in [4.69, 9.17) is 23.7 Å². The van der Waals surface area contributed by atoms with Crippen LogP contribution in [0.3, 0.4) is 0 Å². The van der Waals surface area contributed by atoms with E-state index in [2.05, 4.69) is 16.0 Å². The Kier molecular flexibility index (Phi) is 7.17. The maximum atomic E-state index is 12.9. The number of fused-ring (bicyclic) bond motifs is 3. The predicted octanol–water partition coefficient (Wildman–Crippen LogP) is 0.457. The number of Topliss-reactive ketones (excluding diaryl/α,β-unsaturated/α-hetero) is 1. The zero-order valence-corrected chi connectivity index (χ0v) is 20.8. The van der Waals surface area contributed by atoms with Crippen LogP contribution in [0.1, 0.15) is 45.0 Å². The number of anilines is 1. The van der Waals surface area contributed by atoms with E-state index in [1.807, 2.05) is 0 Å². The minimum Gasteiger partial charge on any atom is -0.345 e. The lowest BCUT2D eigenvalue weighted by Crippen LogP contribution is -2.60. The van der Waals surface area contributed by atoms with Crippen LogP contribution in [0.25, 0.3) is 0 Å². The first-order valence-corrected chi connectivity index (χ1v) is 11.7. The van der Waals surface area contributed by atoms with Crippen LogP contribution in [0.5, 0.6) is 0 Å². The molecule has 1 aromatic carbocycles. The number of rotatable bonds is 7. The van der Waals surface area contributed by atoms with Gasteiger partial charge in [-0.25, -0.2) is 0 Å². The van der Waals surface area contributed by atoms with E-state index in [-0.39, 0.29) is 18.9 Å². The van der Waals surface area contributed by atoms with Crippen LogP contribution in [0.4, 0.5) is 5.69 Å². The van der Waals surface area contributed by atoms with Crippen molar-refractivity contribution in [3.63, 3.8) is 0 Å². The SMILES string of the molecule is CC(=O)c1ccc(NC(=O)CNC(=O)CNC(=O)C2O[C@@H]3OC(C)(C)O[C@@H]3[C@H]3OC(C)(C)O[C@@H]23)cc1. The first-order valence-electron chi connectivity index (χ1n) is 11.7. The van der Waals surface area contributed by atoms with Gasteiger partial charge in [0.2, 0.25) is 11.8 Å². The van der Waals surface area contributed by atoms with E-state index in [1.54, 1.807) is 52.0 Å². The Hall–Kier alpha value is -2.90. The third kappa shape index (κ3) is 5.90. The van der Waals surface area contributed by atoms with Crippen LogP contribution in [0.2, 0.25) is 0 Å². The number of benzene rings is 1. The minimum atomic E-state index is -1.09. The summed E-state index contributed by atoms with van der Waals surface area (Å²) in [5, 5.41) is 7.56. The molecule has 0 spiro atoms. The van der Waals surface area contributed by atoms with Gasteiger partial charge in [0.05, 0.1) is 13.1 Å². The molecule has 3 saturated heterocycles. The molecule has 3 aliphatic rings. The zero-order valence-electron chi connectivity index (χ0n) is 20.8. The van der Waals surface area contributed by atoms with Crippen LogP contribution in [0, 0.1) is 0 Å². The van der Waals surface area contributed by atoms with Crippen LogP contribution < -0.4 is 16.0 Å². The number of amides is 3. The molecule has 3 N–H and O–H groups in total. The summed E-state index contributed by atoms with van der Waals surface area (Å²) in [6.07, 6.45) is -3.86. The first kappa shape index (κ1) is 26.2. The smallest absolute Gasteiger partial charge is 0.252 e. The van der Waals surface area contributed by atoms with Crippen molar-refractivity contribution in [2.45, 2.75) is 76.9 Å². The molecule has 1 unspecified atom stereocenters. The molecule has 0 bridgehead atoms. The second kappa shape index (κ2) is 9.87. The zero-order chi connectivity index (χ0) is 26.3. The first-order chi connectivity index (χ1) is 16.8. The van der Waals surface area contributed by atoms with Gasteiger partial charge in [-0.3, -0.25) is 19.2 Å². The van der Waals surface area contributed by atoms with Crippen LogP contribution in [-0.2, 0) is 38.1 Å². The molecule has 196 valence electrons. The lowest BCUT2D eigenvalue weighted by Gasteiger charge is -2.36. The maximum Gasteiger partial charge on any atom is 0.252 e. The summed E-state index contributed by atoms with van der Waals surface area (Å²) in [6.45, 7) is 7.70. The predicted molar refractivity (Wildman–Crippen MR) is 124 cm³/mol. The van der Waals surface area contributed by atoms with Crippen molar-refractivity contribution in [2.24, 2.45) is 0 Å². The minimum absolute atomic E-state index is 0.0835. The second-order valence-corrected chi connectivity index (χ2v) is 9.77. The molecule has 12 heteroatoms. The molecule has 0 radical (unpaired) electrons. The summed E-state index contributed by atoms with van der Waals surface area (Å²) < 4.78 is 29.4. The third-order valence-corrected chi connectivity index (χ3v) is 5.86. The molecule has 0 saturated carbocycles. The van der Waals surface area contributed by atoms with Gasteiger partial charge >= 0.3 is 0 Å². The van der Waals surface area contributed by atoms with Gasteiger partial charge in [-0.1, -0.05) is 0 Å². The number of hydrogen-bond donors (Lipinski definition) is 3. The van der Waals surface area contributed by atoms with E-state index in [1.165, 1.54) is 6.92 Å². The van der Waals surface area contributed by atoms with Crippen LogP contribution in [0.15, 0.2) is 24.3 Å². The molecule has 36 heavy (non-hydrogen) atoms. The van der Waals surface area contributed by atoms with Crippen molar-refractivity contribution >= 4 is 29.2 Å². The number of ether oxygens (including phenoxy) is 5. The van der Waals surface area contributed by atoms with Gasteiger partial charge in [-0.2, -0.15) is 0 Å². The monoisotopic (exact) mass is 505 g/mol. The molecule has 4 rings (SSSR count). The molecule has 0 aliphatic carbocycles. The van der Waals surface area contributed by atoms with Crippen molar-refractivity contribution in [3.8, 4) is 0 Å². The Morgan fingerprint density at radius 3 is 2.03 bits per heavy atom. The van der Waals surface area contributed by atoms with Gasteiger partial charge in [0.1, 0.15) is 18.3 Å². The number of ketones is 1. The summed E-state index contributed by atoms with van der Waals surface area (Å²) in [5.74, 6) is -3.57. The maximum absolute atomic E-state index is 12.9. The molecule has 3 amide bonds. The molecule has 5 atom stereocenters. The van der Waals surface area contributed by atoms with E-state index < -0.39 is 60.0 Å². The average molecular weight is 506 g/mol. The van der Waals surface area contributed by atoms with Gasteiger partial charge in [0.25, 0.3) is 5.91 Å². The van der Waals surface area contributed by atoms with Crippen molar-refractivity contribution in [1.82, 2.24) is 10.6 Å². The summed E-state index contributed by atoms with van der Waals surface area (Å²) in [4.78, 5) is 48.6. The number of hydrogen-bond acceptors (Lipinski definition) is 9. The fraction of sp³-hybridized carbons (Fsp3) is 0.583. The number of carbonyl (C=O) groups excluding carboxylic acids is 4. The van der Waals surface area contributed by atoms with Crippen molar-refractivity contribution in [1.29, 1.82) is 0 Å². The van der Waals surface area contributed by atoms with Crippen molar-refractivity contribution in [3.05, 3.63) is 29.8 Å². The van der Waals surface area contributed by atoms with Gasteiger partial charge in [0.15, 0.2) is 29.8 Å². The molecule has 0 aromatic heterocycles. The fourth-order valence-electron chi connectivity index (χ4n) is 4.33. The largest absolute Gasteiger partial charge is 0.345 e. The molecule has 3 fully saturated rings. The summed E-state index contributed by atoms with van der Waals surface area (Å²) in [7, 11) is 0. The van der Waals surface area contributed by atoms with E-state index in [0.717, 1.165) is 0 Å².